The summed E-state index contributed by atoms with van der Waals surface area (Å²) >= 11 is 0. The van der Waals surface area contributed by atoms with Crippen LogP contribution in [0.15, 0.2) is 28.8 Å². The maximum Gasteiger partial charge on any atom is 0.222 e. The number of aromatic nitrogens is 3. The van der Waals surface area contributed by atoms with Crippen LogP contribution in [0.5, 0.6) is 5.75 Å². The maximum atomic E-state index is 9.38. The molecule has 3 rings (SSSR count). The highest BCUT2D eigenvalue weighted by atomic mass is 16.5. The fourth-order valence-corrected chi connectivity index (χ4v) is 2.45. The summed E-state index contributed by atoms with van der Waals surface area (Å²) < 4.78 is 11.1. The lowest BCUT2D eigenvalue weighted by atomic mass is 10.1. The van der Waals surface area contributed by atoms with Crippen LogP contribution in [0.25, 0.3) is 11.3 Å². The van der Waals surface area contributed by atoms with E-state index in [0.717, 1.165) is 11.3 Å². The third-order valence-electron chi connectivity index (χ3n) is 3.76. The Morgan fingerprint density at radius 1 is 1.20 bits per heavy atom. The second-order valence-electron chi connectivity index (χ2n) is 5.39. The summed E-state index contributed by atoms with van der Waals surface area (Å²) in [6, 6.07) is 9.22. The van der Waals surface area contributed by atoms with Crippen molar-refractivity contribution in [3.63, 3.8) is 0 Å². The maximum absolute atomic E-state index is 9.38. The minimum Gasteiger partial charge on any atom is -0.488 e. The van der Waals surface area contributed by atoms with Crippen LogP contribution < -0.4 is 16.2 Å². The number of anilines is 2. The molecular formula is C17H16N6O2. The normalized spacial score (nSPS) is 10.4. The molecule has 3 aromatic rings. The first-order valence-corrected chi connectivity index (χ1v) is 7.48. The van der Waals surface area contributed by atoms with Crippen LogP contribution in [0.4, 0.5) is 11.8 Å². The third kappa shape index (κ3) is 3.07. The Bertz CT molecular complexity index is 954. The molecule has 0 radical (unpaired) electrons. The fraction of sp³-hybridized carbons (Fsp3) is 0.176. The van der Waals surface area contributed by atoms with Crippen molar-refractivity contribution in [3.05, 3.63) is 46.8 Å². The van der Waals surface area contributed by atoms with E-state index in [1.807, 2.05) is 32.0 Å². The van der Waals surface area contributed by atoms with Crippen LogP contribution in [-0.4, -0.2) is 15.1 Å². The smallest absolute Gasteiger partial charge is 0.222 e. The number of hydrogen-bond donors (Lipinski definition) is 2. The lowest BCUT2D eigenvalue weighted by molar-refractivity contribution is 0.303. The molecule has 0 unspecified atom stereocenters. The van der Waals surface area contributed by atoms with Crippen LogP contribution >= 0.6 is 0 Å². The largest absolute Gasteiger partial charge is 0.488 e. The molecule has 8 heteroatoms. The summed E-state index contributed by atoms with van der Waals surface area (Å²) in [6.07, 6.45) is 0. The van der Waals surface area contributed by atoms with Crippen molar-refractivity contribution in [1.29, 1.82) is 5.26 Å². The Balaban J connectivity index is 2.02. The standard InChI is InChI=1S/C17H16N6O2/c1-9-13(10(2)25-23-9)8-24-14-6-4-3-5-11(14)15-12(7-18)16(19)22-17(20)21-15/h3-6H,8H2,1-2H3,(H4,19,20,21,22). The first-order chi connectivity index (χ1) is 12.0. The van der Waals surface area contributed by atoms with Crippen molar-refractivity contribution in [2.45, 2.75) is 20.5 Å². The molecule has 0 spiro atoms. The molecule has 126 valence electrons. The van der Waals surface area contributed by atoms with Crippen molar-refractivity contribution in [2.24, 2.45) is 0 Å². The minimum atomic E-state index is -0.00738. The average molecular weight is 336 g/mol. The highest BCUT2D eigenvalue weighted by Crippen LogP contribution is 2.33. The van der Waals surface area contributed by atoms with Crippen molar-refractivity contribution < 1.29 is 9.26 Å². The number of nitriles is 1. The van der Waals surface area contributed by atoms with Crippen molar-refractivity contribution in [3.8, 4) is 23.1 Å². The SMILES string of the molecule is Cc1noc(C)c1COc1ccccc1-c1nc(N)nc(N)c1C#N. The monoisotopic (exact) mass is 336 g/mol. The first kappa shape index (κ1) is 16.3. The molecule has 0 aliphatic carbocycles. The predicted octanol–water partition coefficient (Wildman–Crippen LogP) is 2.36. The van der Waals surface area contributed by atoms with Crippen LogP contribution in [0.3, 0.4) is 0 Å². The van der Waals surface area contributed by atoms with Gasteiger partial charge in [-0.05, 0) is 26.0 Å². The van der Waals surface area contributed by atoms with E-state index >= 15 is 0 Å². The van der Waals surface area contributed by atoms with Crippen LogP contribution in [-0.2, 0) is 6.61 Å². The van der Waals surface area contributed by atoms with Gasteiger partial charge >= 0.3 is 0 Å². The molecule has 1 aromatic carbocycles. The van der Waals surface area contributed by atoms with Gasteiger partial charge in [-0.25, -0.2) is 4.98 Å². The molecule has 25 heavy (non-hydrogen) atoms. The Morgan fingerprint density at radius 2 is 1.96 bits per heavy atom. The van der Waals surface area contributed by atoms with Gasteiger partial charge in [-0.3, -0.25) is 0 Å². The van der Waals surface area contributed by atoms with E-state index in [9.17, 15) is 5.26 Å². The second kappa shape index (κ2) is 6.49. The molecule has 0 amide bonds. The van der Waals surface area contributed by atoms with E-state index in [1.165, 1.54) is 0 Å². The van der Waals surface area contributed by atoms with Gasteiger partial charge in [-0.15, -0.1) is 0 Å². The van der Waals surface area contributed by atoms with Gasteiger partial charge in [0.15, 0.2) is 0 Å². The molecule has 2 heterocycles. The first-order valence-electron chi connectivity index (χ1n) is 7.48. The second-order valence-corrected chi connectivity index (χ2v) is 5.39. The number of rotatable bonds is 4. The number of ether oxygens (including phenoxy) is 1. The molecule has 4 N–H and O–H groups in total. The summed E-state index contributed by atoms with van der Waals surface area (Å²) in [5.74, 6) is 1.26. The molecule has 0 atom stereocenters. The summed E-state index contributed by atoms with van der Waals surface area (Å²) in [7, 11) is 0. The number of nitrogens with two attached hydrogens (primary N) is 2. The van der Waals surface area contributed by atoms with Gasteiger partial charge in [-0.1, -0.05) is 17.3 Å². The molecule has 0 fully saturated rings. The molecule has 0 saturated heterocycles. The molecule has 0 aliphatic heterocycles. The molecule has 2 aromatic heterocycles. The summed E-state index contributed by atoms with van der Waals surface area (Å²) in [4.78, 5) is 8.00. The Morgan fingerprint density at radius 3 is 2.64 bits per heavy atom. The van der Waals surface area contributed by atoms with E-state index in [0.29, 0.717) is 22.8 Å². The lowest BCUT2D eigenvalue weighted by Crippen LogP contribution is -2.06. The fourth-order valence-electron chi connectivity index (χ4n) is 2.45. The number of para-hydroxylation sites is 1. The number of nitrogen functional groups attached to an aromatic ring is 2. The van der Waals surface area contributed by atoms with Gasteiger partial charge in [0.1, 0.15) is 35.6 Å². The number of nitrogens with zero attached hydrogens (tertiary/aromatic N) is 4. The molecule has 0 saturated carbocycles. The number of aryl methyl sites for hydroxylation is 2. The van der Waals surface area contributed by atoms with Gasteiger partial charge < -0.3 is 20.7 Å². The number of hydrogen-bond acceptors (Lipinski definition) is 8. The molecule has 8 nitrogen and oxygen atoms in total. The van der Waals surface area contributed by atoms with Gasteiger partial charge in [0.2, 0.25) is 5.95 Å². The molecule has 0 aliphatic rings. The zero-order valence-corrected chi connectivity index (χ0v) is 13.8. The zero-order valence-electron chi connectivity index (χ0n) is 13.8. The van der Waals surface area contributed by atoms with E-state index in [-0.39, 0.29) is 23.9 Å². The third-order valence-corrected chi connectivity index (χ3v) is 3.76. The summed E-state index contributed by atoms with van der Waals surface area (Å²) in [5.41, 5.74) is 14.2. The van der Waals surface area contributed by atoms with Crippen molar-refractivity contribution >= 4 is 11.8 Å². The van der Waals surface area contributed by atoms with Gasteiger partial charge in [0.05, 0.1) is 17.0 Å². The molecular weight excluding hydrogens is 320 g/mol. The predicted molar refractivity (Wildman–Crippen MR) is 91.3 cm³/mol. The van der Waals surface area contributed by atoms with E-state index in [1.54, 1.807) is 12.1 Å². The average Bonchev–Trinajstić information content (AvgIpc) is 2.91. The highest BCUT2D eigenvalue weighted by Gasteiger charge is 2.17. The topological polar surface area (TPSA) is 137 Å². The number of benzene rings is 1. The highest BCUT2D eigenvalue weighted by molar-refractivity contribution is 5.77. The zero-order chi connectivity index (χ0) is 18.0. The van der Waals surface area contributed by atoms with Gasteiger partial charge in [0, 0.05) is 5.56 Å². The lowest BCUT2D eigenvalue weighted by Gasteiger charge is -2.13. The van der Waals surface area contributed by atoms with Gasteiger partial charge in [-0.2, -0.15) is 10.2 Å². The summed E-state index contributed by atoms with van der Waals surface area (Å²) in [5, 5.41) is 13.3. The minimum absolute atomic E-state index is 0.00738. The van der Waals surface area contributed by atoms with Crippen molar-refractivity contribution in [2.75, 3.05) is 11.5 Å². The van der Waals surface area contributed by atoms with E-state index in [2.05, 4.69) is 15.1 Å². The quantitative estimate of drug-likeness (QED) is 0.740. The Kier molecular flexibility index (Phi) is 4.22. The van der Waals surface area contributed by atoms with Gasteiger partial charge in [0.25, 0.3) is 0 Å². The van der Waals surface area contributed by atoms with Crippen LogP contribution in [0.2, 0.25) is 0 Å². The van der Waals surface area contributed by atoms with Crippen molar-refractivity contribution in [1.82, 2.24) is 15.1 Å². The molecule has 0 bridgehead atoms. The van der Waals surface area contributed by atoms with Crippen LogP contribution in [0, 0.1) is 25.2 Å². The Labute approximate surface area is 144 Å². The van der Waals surface area contributed by atoms with Crippen LogP contribution in [0.1, 0.15) is 22.6 Å². The summed E-state index contributed by atoms with van der Waals surface area (Å²) in [6.45, 7) is 3.95. The van der Waals surface area contributed by atoms with E-state index < -0.39 is 0 Å². The van der Waals surface area contributed by atoms with E-state index in [4.69, 9.17) is 20.7 Å². The Hall–Kier alpha value is -3.60.